The van der Waals surface area contributed by atoms with Crippen LogP contribution in [0.3, 0.4) is 0 Å². The molecule has 2 rings (SSSR count). The molecule has 0 aromatic carbocycles. The monoisotopic (exact) mass is 227 g/mol. The third kappa shape index (κ3) is 2.41. The van der Waals surface area contributed by atoms with Crippen molar-refractivity contribution in [3.05, 3.63) is 0 Å². The van der Waals surface area contributed by atoms with Crippen molar-refractivity contribution in [2.75, 3.05) is 13.2 Å². The van der Waals surface area contributed by atoms with Gasteiger partial charge in [-0.15, -0.1) is 0 Å². The lowest BCUT2D eigenvalue weighted by Gasteiger charge is -2.53. The molecule has 0 saturated heterocycles. The second-order valence-corrected chi connectivity index (χ2v) is 6.05. The Balaban J connectivity index is 1.82. The fourth-order valence-corrected chi connectivity index (χ4v) is 3.27. The van der Waals surface area contributed by atoms with Crippen LogP contribution in [-0.4, -0.2) is 35.0 Å². The van der Waals surface area contributed by atoms with E-state index in [2.05, 4.69) is 5.32 Å². The van der Waals surface area contributed by atoms with Gasteiger partial charge in [-0.05, 0) is 38.0 Å². The summed E-state index contributed by atoms with van der Waals surface area (Å²) in [7, 11) is 0. The van der Waals surface area contributed by atoms with E-state index in [1.54, 1.807) is 6.92 Å². The molecule has 2 fully saturated rings. The molecule has 0 amide bonds. The summed E-state index contributed by atoms with van der Waals surface area (Å²) in [5.41, 5.74) is -0.435. The highest BCUT2D eigenvalue weighted by molar-refractivity contribution is 5.02. The Morgan fingerprint density at radius 2 is 1.94 bits per heavy atom. The van der Waals surface area contributed by atoms with Crippen molar-refractivity contribution in [2.24, 2.45) is 5.41 Å². The van der Waals surface area contributed by atoms with E-state index >= 15 is 0 Å². The largest absolute Gasteiger partial charge is 0.393 e. The zero-order chi connectivity index (χ0) is 11.6. The van der Waals surface area contributed by atoms with E-state index in [1.165, 1.54) is 44.9 Å². The van der Waals surface area contributed by atoms with Crippen LogP contribution >= 0.6 is 0 Å². The van der Waals surface area contributed by atoms with Crippen LogP contribution in [0.1, 0.15) is 51.9 Å². The van der Waals surface area contributed by atoms with Crippen LogP contribution in [-0.2, 0) is 0 Å². The number of aliphatic hydroxyl groups excluding tert-OH is 1. The van der Waals surface area contributed by atoms with E-state index in [0.29, 0.717) is 18.0 Å². The SMILES string of the molecule is CC(O)(CO)CNC1CCC12CCCCC2. The summed E-state index contributed by atoms with van der Waals surface area (Å²) in [5.74, 6) is 0. The van der Waals surface area contributed by atoms with Gasteiger partial charge in [-0.1, -0.05) is 19.3 Å². The lowest BCUT2D eigenvalue weighted by Crippen LogP contribution is -2.57. The Hall–Kier alpha value is -0.120. The molecule has 3 nitrogen and oxygen atoms in total. The lowest BCUT2D eigenvalue weighted by atomic mass is 9.57. The standard InChI is InChI=1S/C13H25NO2/c1-12(16,10-15)9-14-11-5-8-13(11)6-3-2-4-7-13/h11,14-16H,2-10H2,1H3. The van der Waals surface area contributed by atoms with Gasteiger partial charge in [0.15, 0.2) is 0 Å². The highest BCUT2D eigenvalue weighted by atomic mass is 16.3. The molecule has 0 heterocycles. The summed E-state index contributed by atoms with van der Waals surface area (Å²) < 4.78 is 0. The second-order valence-electron chi connectivity index (χ2n) is 6.05. The van der Waals surface area contributed by atoms with Crippen LogP contribution in [0.4, 0.5) is 0 Å². The minimum Gasteiger partial charge on any atom is -0.393 e. The van der Waals surface area contributed by atoms with Crippen LogP contribution in [0.15, 0.2) is 0 Å². The van der Waals surface area contributed by atoms with E-state index in [-0.39, 0.29) is 6.61 Å². The summed E-state index contributed by atoms with van der Waals surface area (Å²) in [6.45, 7) is 2.03. The highest BCUT2D eigenvalue weighted by Gasteiger charge is 2.46. The quantitative estimate of drug-likeness (QED) is 0.681. The van der Waals surface area contributed by atoms with Crippen molar-refractivity contribution in [2.45, 2.75) is 63.5 Å². The molecule has 2 unspecified atom stereocenters. The summed E-state index contributed by atoms with van der Waals surface area (Å²) in [5, 5.41) is 22.2. The van der Waals surface area contributed by atoms with Gasteiger partial charge < -0.3 is 15.5 Å². The Morgan fingerprint density at radius 1 is 1.25 bits per heavy atom. The van der Waals surface area contributed by atoms with Gasteiger partial charge in [-0.2, -0.15) is 0 Å². The Kier molecular flexibility index (Phi) is 3.57. The average Bonchev–Trinajstić information content (AvgIpc) is 2.29. The van der Waals surface area contributed by atoms with Crippen molar-refractivity contribution < 1.29 is 10.2 Å². The molecule has 2 aliphatic rings. The molecule has 3 N–H and O–H groups in total. The van der Waals surface area contributed by atoms with Crippen LogP contribution in [0.25, 0.3) is 0 Å². The maximum Gasteiger partial charge on any atom is 0.0972 e. The third-order valence-electron chi connectivity index (χ3n) is 4.59. The molecule has 2 atom stereocenters. The maximum atomic E-state index is 9.77. The van der Waals surface area contributed by atoms with Gasteiger partial charge in [0.05, 0.1) is 12.2 Å². The summed E-state index contributed by atoms with van der Waals surface area (Å²) in [6, 6.07) is 0.575. The predicted molar refractivity (Wildman–Crippen MR) is 64.3 cm³/mol. The van der Waals surface area contributed by atoms with Crippen molar-refractivity contribution >= 4 is 0 Å². The Bertz CT molecular complexity index is 234. The van der Waals surface area contributed by atoms with Crippen LogP contribution in [0.2, 0.25) is 0 Å². The molecule has 94 valence electrons. The molecule has 3 heteroatoms. The molecule has 2 saturated carbocycles. The van der Waals surface area contributed by atoms with Gasteiger partial charge in [0.2, 0.25) is 0 Å². The smallest absolute Gasteiger partial charge is 0.0972 e. The van der Waals surface area contributed by atoms with Crippen LogP contribution < -0.4 is 5.32 Å². The van der Waals surface area contributed by atoms with Gasteiger partial charge in [0, 0.05) is 12.6 Å². The van der Waals surface area contributed by atoms with Crippen LogP contribution in [0.5, 0.6) is 0 Å². The van der Waals surface area contributed by atoms with Gasteiger partial charge in [0.25, 0.3) is 0 Å². The topological polar surface area (TPSA) is 52.5 Å². The van der Waals surface area contributed by atoms with Gasteiger partial charge in [0.1, 0.15) is 0 Å². The van der Waals surface area contributed by atoms with Gasteiger partial charge in [-0.3, -0.25) is 0 Å². The molecule has 0 bridgehead atoms. The van der Waals surface area contributed by atoms with Crippen molar-refractivity contribution in [3.63, 3.8) is 0 Å². The first-order valence-electron chi connectivity index (χ1n) is 6.65. The minimum absolute atomic E-state index is 0.167. The Morgan fingerprint density at radius 3 is 2.44 bits per heavy atom. The predicted octanol–water partition coefficient (Wildman–Crippen LogP) is 1.43. The average molecular weight is 227 g/mol. The molecule has 0 aromatic heterocycles. The third-order valence-corrected chi connectivity index (χ3v) is 4.59. The molecule has 0 aromatic rings. The lowest BCUT2D eigenvalue weighted by molar-refractivity contribution is -0.0250. The molecule has 0 aliphatic heterocycles. The number of aliphatic hydroxyl groups is 2. The summed E-state index contributed by atoms with van der Waals surface area (Å²) in [6.07, 6.45) is 9.43. The van der Waals surface area contributed by atoms with E-state index < -0.39 is 5.60 Å². The summed E-state index contributed by atoms with van der Waals surface area (Å²) >= 11 is 0. The van der Waals surface area contributed by atoms with Crippen LogP contribution in [0, 0.1) is 5.41 Å². The number of hydrogen-bond donors (Lipinski definition) is 3. The van der Waals surface area contributed by atoms with Gasteiger partial charge >= 0.3 is 0 Å². The molecule has 2 aliphatic carbocycles. The Labute approximate surface area is 98.2 Å². The van der Waals surface area contributed by atoms with E-state index in [4.69, 9.17) is 5.11 Å². The highest BCUT2D eigenvalue weighted by Crippen LogP contribution is 2.51. The molecular weight excluding hydrogens is 202 g/mol. The molecule has 1 spiro atoms. The van der Waals surface area contributed by atoms with Gasteiger partial charge in [-0.25, -0.2) is 0 Å². The maximum absolute atomic E-state index is 9.77. The number of hydrogen-bond acceptors (Lipinski definition) is 3. The van der Waals surface area contributed by atoms with Crippen molar-refractivity contribution in [1.82, 2.24) is 5.32 Å². The van der Waals surface area contributed by atoms with E-state index in [9.17, 15) is 5.11 Å². The fourth-order valence-electron chi connectivity index (χ4n) is 3.27. The first kappa shape index (κ1) is 12.3. The zero-order valence-corrected chi connectivity index (χ0v) is 10.3. The first-order valence-corrected chi connectivity index (χ1v) is 6.65. The van der Waals surface area contributed by atoms with Crippen molar-refractivity contribution in [1.29, 1.82) is 0 Å². The molecule has 0 radical (unpaired) electrons. The number of nitrogens with one attached hydrogen (secondary N) is 1. The zero-order valence-electron chi connectivity index (χ0n) is 10.3. The fraction of sp³-hybridized carbons (Fsp3) is 1.00. The molecule has 16 heavy (non-hydrogen) atoms. The first-order chi connectivity index (χ1) is 7.58. The normalized spacial score (nSPS) is 32.1. The second kappa shape index (κ2) is 4.63. The van der Waals surface area contributed by atoms with E-state index in [0.717, 1.165) is 0 Å². The van der Waals surface area contributed by atoms with Crippen molar-refractivity contribution in [3.8, 4) is 0 Å². The number of rotatable bonds is 4. The summed E-state index contributed by atoms with van der Waals surface area (Å²) in [4.78, 5) is 0. The van der Waals surface area contributed by atoms with E-state index in [1.807, 2.05) is 0 Å². The minimum atomic E-state index is -0.967. The molecular formula is C13H25NO2.